The second kappa shape index (κ2) is 7.63. The molecule has 1 saturated heterocycles. The van der Waals surface area contributed by atoms with E-state index in [1.807, 2.05) is 16.8 Å². The zero-order valence-corrected chi connectivity index (χ0v) is 16.3. The quantitative estimate of drug-likeness (QED) is 0.765. The smallest absolute Gasteiger partial charge is 0.246 e. The summed E-state index contributed by atoms with van der Waals surface area (Å²) in [5.74, 6) is 0.00576. The molecule has 1 fully saturated rings. The molecular formula is C16H16Cl2N2O3S2. The Balaban J connectivity index is 1.68. The number of carbonyl (C=O) groups is 1. The Morgan fingerprint density at radius 2 is 1.72 bits per heavy atom. The van der Waals surface area contributed by atoms with E-state index in [2.05, 4.69) is 0 Å². The van der Waals surface area contributed by atoms with E-state index in [1.165, 1.54) is 16.4 Å². The third-order valence-electron chi connectivity index (χ3n) is 4.04. The number of hydrogen-bond donors (Lipinski definition) is 0. The molecule has 0 aliphatic carbocycles. The number of thiophene rings is 1. The number of carbonyl (C=O) groups excluding carboxylic acids is 1. The minimum absolute atomic E-state index is 0.00576. The van der Waals surface area contributed by atoms with Gasteiger partial charge in [0.05, 0.1) is 16.5 Å². The molecule has 2 heterocycles. The van der Waals surface area contributed by atoms with Gasteiger partial charge in [0.2, 0.25) is 15.9 Å². The van der Waals surface area contributed by atoms with Gasteiger partial charge in [-0.3, -0.25) is 4.79 Å². The summed E-state index contributed by atoms with van der Waals surface area (Å²) in [6.45, 7) is 1.15. The van der Waals surface area contributed by atoms with Crippen LogP contribution in [0.25, 0.3) is 0 Å². The predicted octanol–water partition coefficient (Wildman–Crippen LogP) is 3.13. The predicted molar refractivity (Wildman–Crippen MR) is 99.8 cm³/mol. The van der Waals surface area contributed by atoms with E-state index < -0.39 is 10.0 Å². The first-order valence-electron chi connectivity index (χ1n) is 7.62. The van der Waals surface area contributed by atoms with Crippen molar-refractivity contribution in [1.29, 1.82) is 0 Å². The lowest BCUT2D eigenvalue weighted by molar-refractivity contribution is -0.131. The van der Waals surface area contributed by atoms with Crippen LogP contribution < -0.4 is 0 Å². The van der Waals surface area contributed by atoms with Crippen LogP contribution in [0.1, 0.15) is 5.56 Å². The first-order valence-corrected chi connectivity index (χ1v) is 10.8. The molecule has 9 heteroatoms. The van der Waals surface area contributed by atoms with Crippen molar-refractivity contribution in [3.05, 3.63) is 50.6 Å². The van der Waals surface area contributed by atoms with Crippen molar-refractivity contribution < 1.29 is 13.2 Å². The molecule has 0 N–H and O–H groups in total. The molecule has 1 aliphatic rings. The van der Waals surface area contributed by atoms with Crippen LogP contribution in [0, 0.1) is 0 Å². The van der Waals surface area contributed by atoms with Gasteiger partial charge in [0.25, 0.3) is 0 Å². The Morgan fingerprint density at radius 1 is 1.08 bits per heavy atom. The summed E-state index contributed by atoms with van der Waals surface area (Å²) in [5.41, 5.74) is 0.980. The Morgan fingerprint density at radius 3 is 2.28 bits per heavy atom. The van der Waals surface area contributed by atoms with Crippen LogP contribution >= 0.6 is 34.5 Å². The number of amides is 1. The number of piperazine rings is 1. The number of sulfonamides is 1. The van der Waals surface area contributed by atoms with Crippen LogP contribution in [0.2, 0.25) is 10.0 Å². The Labute approximate surface area is 160 Å². The van der Waals surface area contributed by atoms with Gasteiger partial charge in [-0.2, -0.15) is 15.6 Å². The molecule has 5 nitrogen and oxygen atoms in total. The van der Waals surface area contributed by atoms with E-state index >= 15 is 0 Å². The lowest BCUT2D eigenvalue weighted by Gasteiger charge is -2.34. The standard InChI is InChI=1S/C16H16Cl2N2O3S2/c17-13-2-1-3-14(18)16(13)25(22,23)20-7-5-19(6-8-20)15(21)10-12-4-9-24-11-12/h1-4,9,11H,5-8,10H2. The molecule has 0 unspecified atom stereocenters. The highest BCUT2D eigenvalue weighted by molar-refractivity contribution is 7.89. The van der Waals surface area contributed by atoms with Gasteiger partial charge in [-0.1, -0.05) is 29.3 Å². The van der Waals surface area contributed by atoms with E-state index in [-0.39, 0.29) is 33.9 Å². The second-order valence-electron chi connectivity index (χ2n) is 5.64. The third-order valence-corrected chi connectivity index (χ3v) is 7.63. The Hall–Kier alpha value is -1.12. The van der Waals surface area contributed by atoms with E-state index in [0.29, 0.717) is 19.5 Å². The summed E-state index contributed by atoms with van der Waals surface area (Å²) >= 11 is 13.6. The maximum atomic E-state index is 12.8. The van der Waals surface area contributed by atoms with Crippen molar-refractivity contribution in [1.82, 2.24) is 9.21 Å². The highest BCUT2D eigenvalue weighted by atomic mass is 35.5. The van der Waals surface area contributed by atoms with Crippen LogP contribution in [0.15, 0.2) is 39.9 Å². The minimum Gasteiger partial charge on any atom is -0.340 e. The summed E-state index contributed by atoms with van der Waals surface area (Å²) in [7, 11) is -3.79. The number of nitrogens with zero attached hydrogens (tertiary/aromatic N) is 2. The topological polar surface area (TPSA) is 57.7 Å². The highest BCUT2D eigenvalue weighted by Gasteiger charge is 2.32. The maximum Gasteiger partial charge on any atom is 0.246 e. The van der Waals surface area contributed by atoms with Crippen LogP contribution in [0.5, 0.6) is 0 Å². The average molecular weight is 419 g/mol. The lowest BCUT2D eigenvalue weighted by Crippen LogP contribution is -2.50. The lowest BCUT2D eigenvalue weighted by atomic mass is 10.2. The fraction of sp³-hybridized carbons (Fsp3) is 0.312. The van der Waals surface area contributed by atoms with Crippen molar-refractivity contribution in [2.24, 2.45) is 0 Å². The molecular weight excluding hydrogens is 403 g/mol. The SMILES string of the molecule is O=C(Cc1ccsc1)N1CCN(S(=O)(=O)c2c(Cl)cccc2Cl)CC1. The van der Waals surface area contributed by atoms with Gasteiger partial charge in [0, 0.05) is 26.2 Å². The Bertz CT molecular complexity index is 841. The van der Waals surface area contributed by atoms with Gasteiger partial charge >= 0.3 is 0 Å². The minimum atomic E-state index is -3.79. The first kappa shape index (κ1) is 18.7. The molecule has 3 rings (SSSR count). The number of halogens is 2. The summed E-state index contributed by atoms with van der Waals surface area (Å²) < 4.78 is 27.0. The first-order chi connectivity index (χ1) is 11.9. The third kappa shape index (κ3) is 4.01. The molecule has 0 spiro atoms. The molecule has 1 aromatic heterocycles. The summed E-state index contributed by atoms with van der Waals surface area (Å²) in [4.78, 5) is 13.9. The maximum absolute atomic E-state index is 12.8. The molecule has 134 valence electrons. The Kier molecular flexibility index (Phi) is 5.70. The van der Waals surface area contributed by atoms with Gasteiger partial charge < -0.3 is 4.90 Å². The zero-order chi connectivity index (χ0) is 18.0. The van der Waals surface area contributed by atoms with Crippen molar-refractivity contribution in [3.63, 3.8) is 0 Å². The number of benzene rings is 1. The van der Waals surface area contributed by atoms with Crippen molar-refractivity contribution >= 4 is 50.5 Å². The van der Waals surface area contributed by atoms with Gasteiger partial charge in [-0.15, -0.1) is 0 Å². The van der Waals surface area contributed by atoms with Crippen LogP contribution in [-0.2, 0) is 21.2 Å². The fourth-order valence-electron chi connectivity index (χ4n) is 2.72. The van der Waals surface area contributed by atoms with E-state index in [9.17, 15) is 13.2 Å². The van der Waals surface area contributed by atoms with Crippen molar-refractivity contribution in [2.45, 2.75) is 11.3 Å². The van der Waals surface area contributed by atoms with E-state index in [1.54, 1.807) is 22.3 Å². The molecule has 1 aromatic carbocycles. The van der Waals surface area contributed by atoms with Crippen LogP contribution in [0.3, 0.4) is 0 Å². The van der Waals surface area contributed by atoms with Crippen LogP contribution in [-0.4, -0.2) is 49.7 Å². The molecule has 0 saturated carbocycles. The van der Waals surface area contributed by atoms with Crippen molar-refractivity contribution in [3.8, 4) is 0 Å². The highest BCUT2D eigenvalue weighted by Crippen LogP contribution is 2.31. The van der Waals surface area contributed by atoms with Gasteiger partial charge in [0.1, 0.15) is 4.90 Å². The van der Waals surface area contributed by atoms with Gasteiger partial charge in [-0.05, 0) is 34.5 Å². The average Bonchev–Trinajstić information content (AvgIpc) is 3.07. The van der Waals surface area contributed by atoms with Crippen molar-refractivity contribution in [2.75, 3.05) is 26.2 Å². The normalized spacial score (nSPS) is 16.2. The summed E-state index contributed by atoms with van der Waals surface area (Å²) in [6, 6.07) is 6.52. The largest absolute Gasteiger partial charge is 0.340 e. The second-order valence-corrected chi connectivity index (χ2v) is 9.11. The monoisotopic (exact) mass is 418 g/mol. The zero-order valence-electron chi connectivity index (χ0n) is 13.2. The molecule has 1 amide bonds. The summed E-state index contributed by atoms with van der Waals surface area (Å²) in [5, 5.41) is 4.07. The number of hydrogen-bond acceptors (Lipinski definition) is 4. The van der Waals surface area contributed by atoms with Crippen LogP contribution in [0.4, 0.5) is 0 Å². The molecule has 2 aromatic rings. The van der Waals surface area contributed by atoms with Gasteiger partial charge in [0.15, 0.2) is 0 Å². The molecule has 1 aliphatic heterocycles. The molecule has 0 atom stereocenters. The fourth-order valence-corrected chi connectivity index (χ4v) is 5.90. The van der Waals surface area contributed by atoms with E-state index in [4.69, 9.17) is 23.2 Å². The summed E-state index contributed by atoms with van der Waals surface area (Å²) in [6.07, 6.45) is 0.340. The number of rotatable bonds is 4. The van der Waals surface area contributed by atoms with E-state index in [0.717, 1.165) is 5.56 Å². The molecule has 0 bridgehead atoms. The van der Waals surface area contributed by atoms with Gasteiger partial charge in [-0.25, -0.2) is 8.42 Å². The molecule has 0 radical (unpaired) electrons. The molecule has 25 heavy (non-hydrogen) atoms.